The molecule has 1 aromatic carbocycles. The lowest BCUT2D eigenvalue weighted by molar-refractivity contribution is -0.135. The number of hydrogen-bond acceptors (Lipinski definition) is 8. The van der Waals surface area contributed by atoms with Gasteiger partial charge in [-0.1, -0.05) is 6.07 Å². The van der Waals surface area contributed by atoms with Crippen LogP contribution in [0.5, 0.6) is 0 Å². The van der Waals surface area contributed by atoms with Crippen LogP contribution in [0.3, 0.4) is 0 Å². The summed E-state index contributed by atoms with van der Waals surface area (Å²) in [6.45, 7) is 0. The van der Waals surface area contributed by atoms with E-state index in [9.17, 15) is 24.0 Å². The van der Waals surface area contributed by atoms with E-state index in [2.05, 4.69) is 15.4 Å². The van der Waals surface area contributed by atoms with Crippen LogP contribution in [-0.2, 0) is 23.9 Å². The first-order valence-corrected chi connectivity index (χ1v) is 7.18. The largest absolute Gasteiger partial charge is 0.478 e. The fourth-order valence-corrected chi connectivity index (χ4v) is 1.92. The number of rotatable bonds is 9. The van der Waals surface area contributed by atoms with Crippen molar-refractivity contribution in [2.45, 2.75) is 0 Å². The molecule has 1 rings (SSSR count). The van der Waals surface area contributed by atoms with E-state index in [0.29, 0.717) is 12.2 Å². The third-order valence-corrected chi connectivity index (χ3v) is 2.99. The lowest BCUT2D eigenvalue weighted by atomic mass is 10.1. The van der Waals surface area contributed by atoms with Crippen molar-refractivity contribution in [3.63, 3.8) is 0 Å². The fraction of sp³-hybridized carbons (Fsp3) is 0.0625. The highest BCUT2D eigenvalue weighted by Gasteiger charge is 2.22. The third-order valence-electron chi connectivity index (χ3n) is 2.99. The number of ether oxygens (including phenoxy) is 1. The Labute approximate surface area is 156 Å². The Morgan fingerprint density at radius 1 is 0.821 bits per heavy atom. The predicted octanol–water partition coefficient (Wildman–Crippen LogP) is 0.403. The predicted molar refractivity (Wildman–Crippen MR) is 91.7 cm³/mol. The van der Waals surface area contributed by atoms with Gasteiger partial charge in [0, 0.05) is 0 Å². The molecule has 0 aromatic heterocycles. The van der Waals surface area contributed by atoms with Gasteiger partial charge in [0.25, 0.3) is 0 Å². The molecule has 12 nitrogen and oxygen atoms in total. The quantitative estimate of drug-likeness (QED) is 0.249. The molecule has 148 valence electrons. The number of benzene rings is 1. The Bertz CT molecular complexity index is 838. The zero-order chi connectivity index (χ0) is 21.4. The van der Waals surface area contributed by atoms with Gasteiger partial charge in [0.05, 0.1) is 30.6 Å². The number of carboxylic acid groups (broad SMARTS) is 4. The van der Waals surface area contributed by atoms with Gasteiger partial charge in [0.1, 0.15) is 17.0 Å². The number of carbonyl (C=O) groups excluding carboxylic acids is 1. The summed E-state index contributed by atoms with van der Waals surface area (Å²) in [7, 11) is 0.999. The molecule has 0 amide bonds. The lowest BCUT2D eigenvalue weighted by Gasteiger charge is -2.16. The van der Waals surface area contributed by atoms with Gasteiger partial charge in [-0.15, -0.1) is 0 Å². The first-order chi connectivity index (χ1) is 13.1. The molecule has 0 saturated carbocycles. The molecular formula is C16H14N2O10. The molecule has 6 N–H and O–H groups in total. The van der Waals surface area contributed by atoms with E-state index < -0.39 is 41.2 Å². The maximum Gasteiger partial charge on any atom is 0.352 e. The highest BCUT2D eigenvalue weighted by Crippen LogP contribution is 2.28. The summed E-state index contributed by atoms with van der Waals surface area (Å²) in [5.74, 6) is -7.47. The molecule has 0 fully saturated rings. The third kappa shape index (κ3) is 5.87. The monoisotopic (exact) mass is 394 g/mol. The summed E-state index contributed by atoms with van der Waals surface area (Å²) in [4.78, 5) is 56.0. The van der Waals surface area contributed by atoms with Crippen molar-refractivity contribution in [3.8, 4) is 0 Å². The van der Waals surface area contributed by atoms with Gasteiger partial charge in [0.2, 0.25) is 0 Å². The average Bonchev–Trinajstić information content (AvgIpc) is 2.59. The average molecular weight is 394 g/mol. The minimum Gasteiger partial charge on any atom is -0.478 e. The molecule has 0 spiro atoms. The first kappa shape index (κ1) is 21.7. The van der Waals surface area contributed by atoms with Crippen molar-refractivity contribution >= 4 is 41.2 Å². The van der Waals surface area contributed by atoms with E-state index in [1.165, 1.54) is 18.2 Å². The van der Waals surface area contributed by atoms with Crippen LogP contribution in [0, 0.1) is 0 Å². The van der Waals surface area contributed by atoms with E-state index in [0.717, 1.165) is 7.11 Å². The number of carbonyl (C=O) groups is 5. The molecule has 0 saturated heterocycles. The summed E-state index contributed by atoms with van der Waals surface area (Å²) in [5.41, 5.74) is -2.44. The summed E-state index contributed by atoms with van der Waals surface area (Å²) in [5, 5.41) is 40.1. The van der Waals surface area contributed by atoms with Crippen LogP contribution in [0.1, 0.15) is 10.4 Å². The van der Waals surface area contributed by atoms with Crippen LogP contribution < -0.4 is 10.6 Å². The number of hydrogen-bond donors (Lipinski definition) is 6. The summed E-state index contributed by atoms with van der Waals surface area (Å²) in [6.07, 6.45) is 0.688. The van der Waals surface area contributed by atoms with Crippen molar-refractivity contribution in [3.05, 3.63) is 47.3 Å². The number of carboxylic acids is 4. The van der Waals surface area contributed by atoms with E-state index in [4.69, 9.17) is 20.4 Å². The van der Waals surface area contributed by atoms with Crippen molar-refractivity contribution in [2.24, 2.45) is 0 Å². The van der Waals surface area contributed by atoms with Gasteiger partial charge in [-0.2, -0.15) is 0 Å². The molecule has 0 radical (unpaired) electrons. The Morgan fingerprint density at radius 3 is 1.50 bits per heavy atom. The second-order valence-electron chi connectivity index (χ2n) is 4.87. The van der Waals surface area contributed by atoms with Crippen LogP contribution in [0.2, 0.25) is 0 Å². The molecule has 0 atom stereocenters. The second kappa shape index (κ2) is 9.38. The van der Waals surface area contributed by atoms with Gasteiger partial charge < -0.3 is 35.8 Å². The fourth-order valence-electron chi connectivity index (χ4n) is 1.92. The molecule has 0 bridgehead atoms. The number of anilines is 2. The number of esters is 1. The smallest absolute Gasteiger partial charge is 0.352 e. The number of nitrogens with one attached hydrogen (secondary N) is 2. The zero-order valence-corrected chi connectivity index (χ0v) is 14.1. The molecule has 0 aliphatic carbocycles. The van der Waals surface area contributed by atoms with E-state index in [-0.39, 0.29) is 16.9 Å². The Kier molecular flexibility index (Phi) is 7.26. The molecular weight excluding hydrogens is 380 g/mol. The molecule has 1 aromatic rings. The summed E-state index contributed by atoms with van der Waals surface area (Å²) < 4.78 is 4.58. The van der Waals surface area contributed by atoms with Crippen molar-refractivity contribution < 1.29 is 49.1 Å². The molecule has 0 unspecified atom stereocenters. The number of methoxy groups -OCH3 is 1. The van der Waals surface area contributed by atoms with Crippen LogP contribution in [-0.4, -0.2) is 57.4 Å². The van der Waals surface area contributed by atoms with E-state index >= 15 is 0 Å². The molecule has 28 heavy (non-hydrogen) atoms. The topological polar surface area (TPSA) is 200 Å². The minimum absolute atomic E-state index is 0.230. The normalized spacial score (nSPS) is 11.3. The van der Waals surface area contributed by atoms with Crippen LogP contribution in [0.15, 0.2) is 41.7 Å². The van der Waals surface area contributed by atoms with Gasteiger partial charge in [0.15, 0.2) is 0 Å². The van der Waals surface area contributed by atoms with Crippen LogP contribution in [0.4, 0.5) is 11.4 Å². The van der Waals surface area contributed by atoms with Gasteiger partial charge in [-0.3, -0.25) is 0 Å². The molecule has 0 aliphatic rings. The minimum atomic E-state index is -1.64. The lowest BCUT2D eigenvalue weighted by Crippen LogP contribution is -2.18. The van der Waals surface area contributed by atoms with Crippen LogP contribution >= 0.6 is 0 Å². The SMILES string of the molecule is COC(=O)c1c(NC(=CC(=O)O)C(=O)O)cccc1NC(=CC(=O)O)C(=O)O. The van der Waals surface area contributed by atoms with Gasteiger partial charge >= 0.3 is 29.8 Å². The first-order valence-electron chi connectivity index (χ1n) is 7.18. The van der Waals surface area contributed by atoms with Crippen molar-refractivity contribution in [2.75, 3.05) is 17.7 Å². The Morgan fingerprint density at radius 2 is 1.21 bits per heavy atom. The zero-order valence-electron chi connectivity index (χ0n) is 14.1. The van der Waals surface area contributed by atoms with Crippen molar-refractivity contribution in [1.29, 1.82) is 0 Å². The maximum atomic E-state index is 12.1. The van der Waals surface area contributed by atoms with Crippen LogP contribution in [0.25, 0.3) is 0 Å². The van der Waals surface area contributed by atoms with E-state index in [1.54, 1.807) is 0 Å². The molecule has 0 aliphatic heterocycles. The molecule has 12 heteroatoms. The van der Waals surface area contributed by atoms with Gasteiger partial charge in [-0.05, 0) is 12.1 Å². The Balaban J connectivity index is 3.53. The standard InChI is InChI=1S/C16H14N2O10/c1-28-16(27)13-7(17-9(14(23)24)5-11(19)20)3-2-4-8(13)18-10(15(25)26)6-12(21)22/h2-6,17-18H,1H3,(H,19,20)(H,21,22)(H,23,24)(H,25,26). The van der Waals surface area contributed by atoms with Crippen molar-refractivity contribution in [1.82, 2.24) is 0 Å². The summed E-state index contributed by atoms with van der Waals surface area (Å²) >= 11 is 0. The summed E-state index contributed by atoms with van der Waals surface area (Å²) in [6, 6.07) is 3.69. The molecule has 0 heterocycles. The van der Waals surface area contributed by atoms with E-state index in [1.807, 2.05) is 0 Å². The Hall–Kier alpha value is -4.35. The maximum absolute atomic E-state index is 12.1. The highest BCUT2D eigenvalue weighted by atomic mass is 16.5. The van der Waals surface area contributed by atoms with Gasteiger partial charge in [-0.25, -0.2) is 24.0 Å². The number of aliphatic carboxylic acids is 4. The highest BCUT2D eigenvalue weighted by molar-refractivity contribution is 6.06. The second-order valence-corrected chi connectivity index (χ2v) is 4.87.